The van der Waals surface area contributed by atoms with Gasteiger partial charge in [0.05, 0.1) is 12.2 Å². The Balaban J connectivity index is 1.34. The summed E-state index contributed by atoms with van der Waals surface area (Å²) >= 11 is 0. The summed E-state index contributed by atoms with van der Waals surface area (Å²) in [7, 11) is 0. The Morgan fingerprint density at radius 2 is 1.90 bits per heavy atom. The fourth-order valence-electron chi connectivity index (χ4n) is 4.46. The number of ether oxygens (including phenoxy) is 1. The molecule has 7 nitrogen and oxygen atoms in total. The average Bonchev–Trinajstić information content (AvgIpc) is 3.41. The lowest BCUT2D eigenvalue weighted by atomic mass is 9.80. The van der Waals surface area contributed by atoms with Gasteiger partial charge in [-0.2, -0.15) is 0 Å². The van der Waals surface area contributed by atoms with Crippen molar-refractivity contribution < 1.29 is 14.3 Å². The molecule has 31 heavy (non-hydrogen) atoms. The molecule has 0 saturated carbocycles. The van der Waals surface area contributed by atoms with Gasteiger partial charge in [-0.15, -0.1) is 0 Å². The maximum Gasteiger partial charge on any atom is 0.259 e. The quantitative estimate of drug-likeness (QED) is 0.709. The van der Waals surface area contributed by atoms with Crippen LogP contribution in [-0.2, 0) is 21.5 Å². The van der Waals surface area contributed by atoms with Gasteiger partial charge in [-0.05, 0) is 47.9 Å². The summed E-state index contributed by atoms with van der Waals surface area (Å²) in [5.74, 6) is -0.230. The number of benzene rings is 1. The molecule has 3 aromatic rings. The monoisotopic (exact) mass is 414 g/mol. The van der Waals surface area contributed by atoms with Crippen LogP contribution in [0.5, 0.6) is 0 Å². The minimum absolute atomic E-state index is 0.0944. The van der Waals surface area contributed by atoms with Crippen LogP contribution in [0.1, 0.15) is 27.9 Å². The number of rotatable bonds is 4. The Bertz CT molecular complexity index is 1110. The van der Waals surface area contributed by atoms with E-state index < -0.39 is 11.5 Å². The van der Waals surface area contributed by atoms with Crippen LogP contribution in [0.2, 0.25) is 0 Å². The van der Waals surface area contributed by atoms with Crippen LogP contribution in [0.3, 0.4) is 0 Å². The lowest BCUT2D eigenvalue weighted by Crippen LogP contribution is -2.39. The molecule has 2 aliphatic heterocycles. The largest absolute Gasteiger partial charge is 0.367 e. The fraction of sp³-hybridized carbons (Fsp3) is 0.250. The van der Waals surface area contributed by atoms with Gasteiger partial charge in [-0.25, -0.2) is 0 Å². The van der Waals surface area contributed by atoms with Crippen molar-refractivity contribution in [2.24, 2.45) is 0 Å². The number of aromatic nitrogens is 2. The van der Waals surface area contributed by atoms with E-state index in [-0.39, 0.29) is 11.8 Å². The third kappa shape index (κ3) is 3.57. The molecular formula is C24H22N4O3. The average molecular weight is 414 g/mol. The van der Waals surface area contributed by atoms with Crippen molar-refractivity contribution in [3.63, 3.8) is 0 Å². The second-order valence-corrected chi connectivity index (χ2v) is 8.01. The Labute approximate surface area is 180 Å². The summed E-state index contributed by atoms with van der Waals surface area (Å²) < 4.78 is 5.96. The molecule has 7 heteroatoms. The molecule has 2 aliphatic rings. The van der Waals surface area contributed by atoms with E-state index >= 15 is 0 Å². The van der Waals surface area contributed by atoms with Gasteiger partial charge < -0.3 is 15.0 Å². The summed E-state index contributed by atoms with van der Waals surface area (Å²) in [6.45, 7) is 1.30. The maximum atomic E-state index is 13.2. The van der Waals surface area contributed by atoms with E-state index in [9.17, 15) is 9.59 Å². The third-order valence-electron chi connectivity index (χ3n) is 6.03. The van der Waals surface area contributed by atoms with Gasteiger partial charge in [-0.3, -0.25) is 19.6 Å². The van der Waals surface area contributed by atoms with E-state index in [0.29, 0.717) is 31.7 Å². The number of hydrogen-bond donors (Lipinski definition) is 1. The summed E-state index contributed by atoms with van der Waals surface area (Å²) in [5.41, 5.74) is 3.05. The molecule has 0 bridgehead atoms. The third-order valence-corrected chi connectivity index (χ3v) is 6.03. The van der Waals surface area contributed by atoms with E-state index in [1.807, 2.05) is 36.4 Å². The highest BCUT2D eigenvalue weighted by Gasteiger charge is 2.51. The van der Waals surface area contributed by atoms with Crippen LogP contribution in [0.25, 0.3) is 0 Å². The molecular weight excluding hydrogens is 392 g/mol. The van der Waals surface area contributed by atoms with Crippen LogP contribution in [0, 0.1) is 0 Å². The zero-order chi connectivity index (χ0) is 21.3. The minimum atomic E-state index is -0.552. The van der Waals surface area contributed by atoms with Gasteiger partial charge in [-0.1, -0.05) is 18.2 Å². The second kappa shape index (κ2) is 7.92. The van der Waals surface area contributed by atoms with Gasteiger partial charge in [0, 0.05) is 49.0 Å². The van der Waals surface area contributed by atoms with Crippen LogP contribution in [0.4, 0.5) is 5.69 Å². The zero-order valence-electron chi connectivity index (χ0n) is 16.9. The molecule has 0 radical (unpaired) electrons. The fourth-order valence-corrected chi connectivity index (χ4v) is 4.46. The molecule has 1 aromatic carbocycles. The number of carbonyl (C=O) groups excluding carboxylic acids is 2. The van der Waals surface area contributed by atoms with Crippen LogP contribution in [0.15, 0.2) is 73.3 Å². The highest BCUT2D eigenvalue weighted by molar-refractivity contribution is 6.07. The molecule has 0 aliphatic carbocycles. The Kier molecular flexibility index (Phi) is 4.95. The molecule has 5 rings (SSSR count). The number of nitrogens with one attached hydrogen (secondary N) is 1. The van der Waals surface area contributed by atoms with Crippen molar-refractivity contribution in [3.05, 3.63) is 90.0 Å². The number of hydrogen-bond acceptors (Lipinski definition) is 5. The number of amides is 2. The molecule has 2 atom stereocenters. The number of fused-ring (bicyclic) bond motifs is 2. The first kappa shape index (κ1) is 19.4. The molecule has 1 saturated heterocycles. The predicted molar refractivity (Wildman–Crippen MR) is 114 cm³/mol. The van der Waals surface area contributed by atoms with Crippen LogP contribution >= 0.6 is 0 Å². The van der Waals surface area contributed by atoms with Crippen molar-refractivity contribution in [2.45, 2.75) is 24.5 Å². The first-order valence-corrected chi connectivity index (χ1v) is 10.3. The number of anilines is 1. The first-order valence-electron chi connectivity index (χ1n) is 10.3. The van der Waals surface area contributed by atoms with E-state index in [4.69, 9.17) is 4.74 Å². The van der Waals surface area contributed by atoms with Gasteiger partial charge in [0.15, 0.2) is 0 Å². The highest BCUT2D eigenvalue weighted by Crippen LogP contribution is 2.47. The summed E-state index contributed by atoms with van der Waals surface area (Å²) in [6, 6.07) is 15.1. The summed E-state index contributed by atoms with van der Waals surface area (Å²) in [6.07, 6.45) is 6.61. The SMILES string of the molecule is O=C(NCc1ccncc1)[C@H]1C[C@]2(CO1)CN(C(=O)c1cccnc1)c1ccccc12. The molecule has 2 amide bonds. The second-order valence-electron chi connectivity index (χ2n) is 8.01. The molecule has 0 unspecified atom stereocenters. The summed E-state index contributed by atoms with van der Waals surface area (Å²) in [5, 5.41) is 2.95. The smallest absolute Gasteiger partial charge is 0.259 e. The van der Waals surface area contributed by atoms with Crippen molar-refractivity contribution in [2.75, 3.05) is 18.1 Å². The van der Waals surface area contributed by atoms with Gasteiger partial charge in [0.25, 0.3) is 5.91 Å². The van der Waals surface area contributed by atoms with E-state index in [0.717, 1.165) is 16.8 Å². The Morgan fingerprint density at radius 3 is 2.71 bits per heavy atom. The van der Waals surface area contributed by atoms with Crippen LogP contribution < -0.4 is 10.2 Å². The van der Waals surface area contributed by atoms with Gasteiger partial charge in [0.2, 0.25) is 5.91 Å². The van der Waals surface area contributed by atoms with Crippen molar-refractivity contribution in [3.8, 4) is 0 Å². The molecule has 1 N–H and O–H groups in total. The standard InChI is InChI=1S/C24H22N4O3/c29-22(27-13-17-7-10-25-11-8-17)21-12-24(16-31-21)15-28(20-6-2-1-5-19(20)24)23(30)18-4-3-9-26-14-18/h1-11,14,21H,12-13,15-16H2,(H,27,29)/t21-,24-/m1/s1. The van der Waals surface area contributed by atoms with Gasteiger partial charge >= 0.3 is 0 Å². The van der Waals surface area contributed by atoms with Crippen molar-refractivity contribution in [1.82, 2.24) is 15.3 Å². The zero-order valence-corrected chi connectivity index (χ0v) is 16.9. The van der Waals surface area contributed by atoms with Crippen LogP contribution in [-0.4, -0.2) is 41.0 Å². The van der Waals surface area contributed by atoms with Gasteiger partial charge in [0.1, 0.15) is 6.10 Å². The lowest BCUT2D eigenvalue weighted by Gasteiger charge is -2.23. The minimum Gasteiger partial charge on any atom is -0.367 e. The highest BCUT2D eigenvalue weighted by atomic mass is 16.5. The topological polar surface area (TPSA) is 84.4 Å². The van der Waals surface area contributed by atoms with E-state index in [1.165, 1.54) is 0 Å². The summed E-state index contributed by atoms with van der Waals surface area (Å²) in [4.78, 5) is 35.8. The molecule has 1 spiro atoms. The van der Waals surface area contributed by atoms with E-state index in [1.54, 1.807) is 41.8 Å². The number of pyridine rings is 2. The van der Waals surface area contributed by atoms with Crippen molar-refractivity contribution >= 4 is 17.5 Å². The molecule has 156 valence electrons. The number of nitrogens with zero attached hydrogens (tertiary/aromatic N) is 3. The van der Waals surface area contributed by atoms with Crippen molar-refractivity contribution in [1.29, 1.82) is 0 Å². The number of carbonyl (C=O) groups is 2. The lowest BCUT2D eigenvalue weighted by molar-refractivity contribution is -0.130. The molecule has 1 fully saturated rings. The Morgan fingerprint density at radius 1 is 1.06 bits per heavy atom. The van der Waals surface area contributed by atoms with E-state index in [2.05, 4.69) is 15.3 Å². The normalized spacial score (nSPS) is 21.8. The molecule has 4 heterocycles. The predicted octanol–water partition coefficient (Wildman–Crippen LogP) is 2.48. The number of para-hydroxylation sites is 1. The Hall–Kier alpha value is -3.58. The maximum absolute atomic E-state index is 13.2. The molecule has 2 aromatic heterocycles. The first-order chi connectivity index (χ1) is 15.2.